The minimum absolute atomic E-state index is 0.0312. The Bertz CT molecular complexity index is 668. The van der Waals surface area contributed by atoms with Crippen molar-refractivity contribution in [2.45, 2.75) is 83.2 Å². The van der Waals surface area contributed by atoms with Crippen LogP contribution in [0.15, 0.2) is 28.7 Å². The van der Waals surface area contributed by atoms with E-state index >= 15 is 0 Å². The largest absolute Gasteiger partial charge is 0.348 e. The van der Waals surface area contributed by atoms with Crippen LogP contribution in [-0.2, 0) is 4.79 Å². The average Bonchev–Trinajstić information content (AvgIpc) is 3.38. The highest BCUT2D eigenvalue weighted by Gasteiger charge is 2.41. The summed E-state index contributed by atoms with van der Waals surface area (Å²) in [5, 5.41) is 9.88. The molecule has 27 heavy (non-hydrogen) atoms. The van der Waals surface area contributed by atoms with Gasteiger partial charge in [0.05, 0.1) is 6.04 Å². The Labute approximate surface area is 162 Å². The molecule has 1 amide bonds. The molecule has 2 bridgehead atoms. The van der Waals surface area contributed by atoms with E-state index in [1.165, 1.54) is 19.3 Å². The topological polar surface area (TPSA) is 44.7 Å². The van der Waals surface area contributed by atoms with E-state index in [0.717, 1.165) is 50.1 Å². The fraction of sp³-hybridized carbons (Fsp3) is 0.727. The Morgan fingerprint density at radius 2 is 2.22 bits per heavy atom. The van der Waals surface area contributed by atoms with Crippen molar-refractivity contribution in [2.24, 2.45) is 16.9 Å². The number of carbonyl (C=O) groups excluding carboxylic acids is 1. The standard InChI is InChI=1S/C22H32FN3O/c1-2-3-6-11-26-21(17-7-4-5-8-18(17)23)14-20(25-26)22(27)24-19-13-15-9-10-16(19)12-15/h4,7,15-16,19,21H,2-3,5-6,8-14H2,1H3,(H,24,27). The van der Waals surface area contributed by atoms with Gasteiger partial charge in [0, 0.05) is 31.0 Å². The molecule has 4 aliphatic rings. The normalized spacial score (nSPS) is 32.4. The van der Waals surface area contributed by atoms with Gasteiger partial charge in [-0.2, -0.15) is 5.10 Å². The minimum atomic E-state index is -0.126. The molecule has 4 rings (SSSR count). The SMILES string of the molecule is CCCCCN1N=C(C(=O)NC2CC3CCC2C3)CC1C1=C(F)CCC=C1. The summed E-state index contributed by atoms with van der Waals surface area (Å²) in [6.45, 7) is 2.96. The van der Waals surface area contributed by atoms with Crippen LogP contribution in [0.4, 0.5) is 4.39 Å². The Balaban J connectivity index is 1.44. The fourth-order valence-electron chi connectivity index (χ4n) is 5.31. The van der Waals surface area contributed by atoms with E-state index in [1.807, 2.05) is 17.2 Å². The van der Waals surface area contributed by atoms with Crippen molar-refractivity contribution in [2.75, 3.05) is 6.54 Å². The maximum Gasteiger partial charge on any atom is 0.267 e. The predicted molar refractivity (Wildman–Crippen MR) is 106 cm³/mol. The van der Waals surface area contributed by atoms with Crippen LogP contribution in [0, 0.1) is 11.8 Å². The maximum absolute atomic E-state index is 14.5. The highest BCUT2D eigenvalue weighted by molar-refractivity contribution is 6.39. The van der Waals surface area contributed by atoms with E-state index in [4.69, 9.17) is 0 Å². The first-order chi connectivity index (χ1) is 13.2. The van der Waals surface area contributed by atoms with E-state index in [9.17, 15) is 9.18 Å². The van der Waals surface area contributed by atoms with Crippen molar-refractivity contribution in [1.29, 1.82) is 0 Å². The number of carbonyl (C=O) groups is 1. The first-order valence-electron chi connectivity index (χ1n) is 10.9. The molecule has 0 aromatic heterocycles. The van der Waals surface area contributed by atoms with Crippen LogP contribution in [-0.4, -0.2) is 35.3 Å². The summed E-state index contributed by atoms with van der Waals surface area (Å²) in [4.78, 5) is 12.9. The lowest BCUT2D eigenvalue weighted by Gasteiger charge is -2.26. The lowest BCUT2D eigenvalue weighted by molar-refractivity contribution is -0.115. The second-order valence-electron chi connectivity index (χ2n) is 8.69. The van der Waals surface area contributed by atoms with E-state index < -0.39 is 0 Å². The van der Waals surface area contributed by atoms with E-state index in [-0.39, 0.29) is 17.8 Å². The number of rotatable bonds is 7. The highest BCUT2D eigenvalue weighted by Crippen LogP contribution is 2.44. The molecule has 0 aromatic rings. The van der Waals surface area contributed by atoms with Crippen LogP contribution in [0.3, 0.4) is 0 Å². The molecule has 1 aliphatic heterocycles. The van der Waals surface area contributed by atoms with Gasteiger partial charge in [-0.25, -0.2) is 4.39 Å². The molecule has 148 valence electrons. The van der Waals surface area contributed by atoms with Crippen LogP contribution in [0.2, 0.25) is 0 Å². The second-order valence-corrected chi connectivity index (χ2v) is 8.69. The van der Waals surface area contributed by atoms with Gasteiger partial charge in [0.15, 0.2) is 0 Å². The molecule has 4 nitrogen and oxygen atoms in total. The Hall–Kier alpha value is -1.65. The molecule has 0 aromatic carbocycles. The van der Waals surface area contributed by atoms with Crippen molar-refractivity contribution >= 4 is 11.6 Å². The molecule has 5 heteroatoms. The number of nitrogens with zero attached hydrogens (tertiary/aromatic N) is 2. The molecule has 1 heterocycles. The maximum atomic E-state index is 14.5. The minimum Gasteiger partial charge on any atom is -0.348 e. The first kappa shape index (κ1) is 18.7. The Kier molecular flexibility index (Phi) is 5.65. The fourth-order valence-corrected chi connectivity index (χ4v) is 5.31. The van der Waals surface area contributed by atoms with Gasteiger partial charge >= 0.3 is 0 Å². The number of allylic oxidation sites excluding steroid dienone is 2. The monoisotopic (exact) mass is 373 g/mol. The highest BCUT2D eigenvalue weighted by atomic mass is 19.1. The van der Waals surface area contributed by atoms with Crippen LogP contribution in [0.5, 0.6) is 0 Å². The third-order valence-electron chi connectivity index (χ3n) is 6.80. The number of fused-ring (bicyclic) bond motifs is 2. The van der Waals surface area contributed by atoms with Gasteiger partial charge in [-0.1, -0.05) is 38.3 Å². The summed E-state index contributed by atoms with van der Waals surface area (Å²) in [6, 6.07) is 0.191. The zero-order valence-electron chi connectivity index (χ0n) is 16.4. The number of hydrogen-bond acceptors (Lipinski definition) is 3. The van der Waals surface area contributed by atoms with Crippen molar-refractivity contribution < 1.29 is 9.18 Å². The van der Waals surface area contributed by atoms with Gasteiger partial charge in [-0.05, 0) is 43.9 Å². The third-order valence-corrected chi connectivity index (χ3v) is 6.80. The molecule has 2 fully saturated rings. The van der Waals surface area contributed by atoms with Crippen molar-refractivity contribution in [1.82, 2.24) is 10.3 Å². The van der Waals surface area contributed by atoms with Crippen LogP contribution in [0.1, 0.15) is 71.1 Å². The van der Waals surface area contributed by atoms with Gasteiger partial charge in [0.2, 0.25) is 0 Å². The molecule has 1 N–H and O–H groups in total. The van der Waals surface area contributed by atoms with Gasteiger partial charge in [0.25, 0.3) is 5.91 Å². The molecule has 0 spiro atoms. The lowest BCUT2D eigenvalue weighted by atomic mass is 9.94. The summed E-state index contributed by atoms with van der Waals surface area (Å²) < 4.78 is 14.5. The number of amides is 1. The predicted octanol–water partition coefficient (Wildman–Crippen LogP) is 4.49. The number of nitrogens with one attached hydrogen (secondary N) is 1. The Morgan fingerprint density at radius 1 is 1.33 bits per heavy atom. The zero-order chi connectivity index (χ0) is 18.8. The van der Waals surface area contributed by atoms with Crippen LogP contribution in [0.25, 0.3) is 0 Å². The smallest absolute Gasteiger partial charge is 0.267 e. The molecule has 0 saturated heterocycles. The quantitative estimate of drug-likeness (QED) is 0.669. The molecule has 2 saturated carbocycles. The lowest BCUT2D eigenvalue weighted by Crippen LogP contribution is -2.42. The van der Waals surface area contributed by atoms with E-state index in [2.05, 4.69) is 17.3 Å². The summed E-state index contributed by atoms with van der Waals surface area (Å²) in [5.74, 6) is 1.39. The van der Waals surface area contributed by atoms with Gasteiger partial charge < -0.3 is 5.32 Å². The average molecular weight is 374 g/mol. The van der Waals surface area contributed by atoms with E-state index in [0.29, 0.717) is 30.5 Å². The van der Waals surface area contributed by atoms with Gasteiger partial charge in [-0.3, -0.25) is 9.80 Å². The van der Waals surface area contributed by atoms with Crippen molar-refractivity contribution in [3.8, 4) is 0 Å². The third kappa shape index (κ3) is 3.97. The molecule has 0 radical (unpaired) electrons. The number of hydrogen-bond donors (Lipinski definition) is 1. The summed E-state index contributed by atoms with van der Waals surface area (Å²) in [5.41, 5.74) is 1.31. The van der Waals surface area contributed by atoms with Crippen LogP contribution < -0.4 is 5.32 Å². The summed E-state index contributed by atoms with van der Waals surface area (Å²) in [7, 11) is 0. The Morgan fingerprint density at radius 3 is 2.93 bits per heavy atom. The van der Waals surface area contributed by atoms with Gasteiger partial charge in [0.1, 0.15) is 11.5 Å². The number of hydrazone groups is 1. The molecule has 4 atom stereocenters. The van der Waals surface area contributed by atoms with Crippen molar-refractivity contribution in [3.05, 3.63) is 23.6 Å². The molecular formula is C22H32FN3O. The summed E-state index contributed by atoms with van der Waals surface area (Å²) >= 11 is 0. The zero-order valence-corrected chi connectivity index (χ0v) is 16.4. The number of halogens is 1. The molecular weight excluding hydrogens is 341 g/mol. The van der Waals surface area contributed by atoms with Crippen LogP contribution >= 0.6 is 0 Å². The van der Waals surface area contributed by atoms with Crippen molar-refractivity contribution in [3.63, 3.8) is 0 Å². The number of unbranched alkanes of at least 4 members (excludes halogenated alkanes) is 2. The molecule has 4 unspecified atom stereocenters. The summed E-state index contributed by atoms with van der Waals surface area (Å²) in [6.07, 6.45) is 13.9. The van der Waals surface area contributed by atoms with Gasteiger partial charge in [-0.15, -0.1) is 0 Å². The first-order valence-corrected chi connectivity index (χ1v) is 10.9. The molecule has 3 aliphatic carbocycles. The second kappa shape index (κ2) is 8.15. The van der Waals surface area contributed by atoms with E-state index in [1.54, 1.807) is 0 Å².